The van der Waals surface area contributed by atoms with Gasteiger partial charge in [-0.15, -0.1) is 11.3 Å². The van der Waals surface area contributed by atoms with Crippen molar-refractivity contribution in [1.82, 2.24) is 8.87 Å². The fourth-order valence-electron chi connectivity index (χ4n) is 4.38. The molecule has 0 fully saturated rings. The summed E-state index contributed by atoms with van der Waals surface area (Å²) in [6.07, 6.45) is 0.750. The highest BCUT2D eigenvalue weighted by Gasteiger charge is 2.21. The Morgan fingerprint density at radius 2 is 1.56 bits per heavy atom. The van der Waals surface area contributed by atoms with E-state index < -0.39 is 10.0 Å². The van der Waals surface area contributed by atoms with E-state index in [9.17, 15) is 8.42 Å². The summed E-state index contributed by atoms with van der Waals surface area (Å²) in [4.78, 5) is 6.11. The third-order valence-corrected chi connectivity index (χ3v) is 9.55. The molecule has 0 aliphatic rings. The Kier molecular flexibility index (Phi) is 9.27. The number of benzene rings is 3. The lowest BCUT2D eigenvalue weighted by Crippen LogP contribution is -2.30. The summed E-state index contributed by atoms with van der Waals surface area (Å²) in [5.41, 5.74) is 5.09. The number of hydrogen-bond donors (Lipinski definition) is 0. The minimum atomic E-state index is -3.52. The van der Waals surface area contributed by atoms with Crippen LogP contribution in [0.25, 0.3) is 11.3 Å². The highest BCUT2D eigenvalue weighted by molar-refractivity contribution is 7.89. The summed E-state index contributed by atoms with van der Waals surface area (Å²) in [7, 11) is -0.257. The molecule has 4 aromatic rings. The Morgan fingerprint density at radius 3 is 2.18 bits per heavy atom. The summed E-state index contributed by atoms with van der Waals surface area (Å²) in [5, 5.41) is 2.08. The first-order valence-electron chi connectivity index (χ1n) is 12.9. The van der Waals surface area contributed by atoms with Crippen molar-refractivity contribution in [3.63, 3.8) is 0 Å². The second-order valence-corrected chi connectivity index (χ2v) is 11.8. The number of sulfonamides is 1. The molecule has 0 saturated heterocycles. The Labute approximate surface area is 235 Å². The minimum Gasteiger partial charge on any atom is -0.493 e. The molecule has 9 heteroatoms. The van der Waals surface area contributed by atoms with E-state index in [2.05, 4.69) is 29.0 Å². The van der Waals surface area contributed by atoms with Crippen LogP contribution in [0.4, 0.5) is 5.69 Å². The van der Waals surface area contributed by atoms with Gasteiger partial charge in [0.05, 0.1) is 30.5 Å². The van der Waals surface area contributed by atoms with Crippen LogP contribution in [0.3, 0.4) is 0 Å². The van der Waals surface area contributed by atoms with Crippen molar-refractivity contribution in [2.45, 2.75) is 38.6 Å². The van der Waals surface area contributed by atoms with Gasteiger partial charge in [-0.05, 0) is 60.9 Å². The normalized spacial score (nSPS) is 12.2. The second-order valence-electron chi connectivity index (χ2n) is 9.06. The first-order chi connectivity index (χ1) is 18.8. The molecule has 0 saturated carbocycles. The molecule has 0 bridgehead atoms. The molecule has 0 atom stereocenters. The monoisotopic (exact) mass is 565 g/mol. The van der Waals surface area contributed by atoms with Gasteiger partial charge in [0, 0.05) is 25.0 Å². The van der Waals surface area contributed by atoms with Crippen LogP contribution in [0.5, 0.6) is 11.5 Å². The van der Waals surface area contributed by atoms with Crippen LogP contribution in [0, 0.1) is 6.92 Å². The largest absolute Gasteiger partial charge is 0.493 e. The molecule has 1 heterocycles. The van der Waals surface area contributed by atoms with E-state index in [0.717, 1.165) is 33.7 Å². The fourth-order valence-corrected chi connectivity index (χ4v) is 6.80. The van der Waals surface area contributed by atoms with Crippen LogP contribution in [0.1, 0.15) is 25.0 Å². The maximum Gasteiger partial charge on any atom is 0.243 e. The SMILES string of the molecule is CCN(CC)S(=O)(=O)c1ccc(-c2csc(=Nc3ccc(C)cc3)n2CCc2ccc(OC)c(OC)c2)cc1. The zero-order valence-corrected chi connectivity index (χ0v) is 24.7. The third kappa shape index (κ3) is 6.43. The van der Waals surface area contributed by atoms with E-state index in [0.29, 0.717) is 36.0 Å². The summed E-state index contributed by atoms with van der Waals surface area (Å²) < 4.78 is 40.5. The minimum absolute atomic E-state index is 0.298. The first kappa shape index (κ1) is 28.6. The maximum atomic E-state index is 13.0. The molecule has 206 valence electrons. The number of rotatable bonds is 11. The van der Waals surface area contributed by atoms with Gasteiger partial charge in [-0.1, -0.05) is 49.7 Å². The van der Waals surface area contributed by atoms with Gasteiger partial charge in [0.25, 0.3) is 0 Å². The first-order valence-corrected chi connectivity index (χ1v) is 15.2. The zero-order chi connectivity index (χ0) is 28.0. The average molecular weight is 566 g/mol. The standard InChI is InChI=1S/C30H35N3O4S2/c1-6-32(7-2)39(34,35)26-15-11-24(12-16-26)27-21-38-30(31-25-13-8-22(3)9-14-25)33(27)19-18-23-10-17-28(36-4)29(20-23)37-5/h8-17,20-21H,6-7,18-19H2,1-5H3. The predicted octanol–water partition coefficient (Wildman–Crippen LogP) is 6.05. The van der Waals surface area contributed by atoms with Crippen LogP contribution in [0.2, 0.25) is 0 Å². The highest BCUT2D eigenvalue weighted by Crippen LogP contribution is 2.29. The van der Waals surface area contributed by atoms with Gasteiger partial charge in [0.1, 0.15) is 0 Å². The number of aryl methyl sites for hydroxylation is 2. The molecular formula is C30H35N3O4S2. The molecule has 0 N–H and O–H groups in total. The van der Waals surface area contributed by atoms with Gasteiger partial charge < -0.3 is 14.0 Å². The average Bonchev–Trinajstić information content (AvgIpc) is 3.35. The molecule has 4 rings (SSSR count). The fraction of sp³-hybridized carbons (Fsp3) is 0.300. The van der Waals surface area contributed by atoms with Crippen molar-refractivity contribution in [1.29, 1.82) is 0 Å². The number of thiazole rings is 1. The van der Waals surface area contributed by atoms with E-state index in [4.69, 9.17) is 14.5 Å². The lowest BCUT2D eigenvalue weighted by atomic mass is 10.1. The summed E-state index contributed by atoms with van der Waals surface area (Å²) in [6.45, 7) is 7.30. The molecular weight excluding hydrogens is 530 g/mol. The lowest BCUT2D eigenvalue weighted by molar-refractivity contribution is 0.354. The number of aromatic nitrogens is 1. The predicted molar refractivity (Wildman–Crippen MR) is 158 cm³/mol. The number of methoxy groups -OCH3 is 2. The molecule has 0 radical (unpaired) electrons. The van der Waals surface area contributed by atoms with E-state index in [1.54, 1.807) is 37.7 Å². The van der Waals surface area contributed by atoms with Crippen molar-refractivity contribution >= 4 is 27.0 Å². The number of ether oxygens (including phenoxy) is 2. The quantitative estimate of drug-likeness (QED) is 0.222. The van der Waals surface area contributed by atoms with E-state index in [1.165, 1.54) is 9.87 Å². The van der Waals surface area contributed by atoms with E-state index in [1.807, 2.05) is 56.3 Å². The molecule has 1 aromatic heterocycles. The van der Waals surface area contributed by atoms with Gasteiger partial charge in [-0.3, -0.25) is 0 Å². The highest BCUT2D eigenvalue weighted by atomic mass is 32.2. The molecule has 0 amide bonds. The summed E-state index contributed by atoms with van der Waals surface area (Å²) in [6, 6.07) is 21.2. The Balaban J connectivity index is 1.72. The van der Waals surface area contributed by atoms with Crippen molar-refractivity contribution in [2.24, 2.45) is 4.99 Å². The van der Waals surface area contributed by atoms with Crippen LogP contribution in [0.15, 0.2) is 82.0 Å². The van der Waals surface area contributed by atoms with Gasteiger partial charge in [-0.2, -0.15) is 4.31 Å². The summed E-state index contributed by atoms with van der Waals surface area (Å²) >= 11 is 1.57. The van der Waals surface area contributed by atoms with Crippen molar-refractivity contribution < 1.29 is 17.9 Å². The molecule has 0 aliphatic carbocycles. The zero-order valence-electron chi connectivity index (χ0n) is 23.0. The van der Waals surface area contributed by atoms with Crippen molar-refractivity contribution in [3.8, 4) is 22.8 Å². The van der Waals surface area contributed by atoms with Crippen LogP contribution in [-0.4, -0.2) is 44.6 Å². The number of hydrogen-bond acceptors (Lipinski definition) is 6. The maximum absolute atomic E-state index is 13.0. The van der Waals surface area contributed by atoms with Gasteiger partial charge in [-0.25, -0.2) is 13.4 Å². The lowest BCUT2D eigenvalue weighted by Gasteiger charge is -2.18. The Hall–Kier alpha value is -3.40. The van der Waals surface area contributed by atoms with Crippen LogP contribution in [-0.2, 0) is 23.0 Å². The number of nitrogens with zero attached hydrogens (tertiary/aromatic N) is 3. The summed E-state index contributed by atoms with van der Waals surface area (Å²) in [5.74, 6) is 1.39. The van der Waals surface area contributed by atoms with Crippen molar-refractivity contribution in [3.05, 3.63) is 88.0 Å². The van der Waals surface area contributed by atoms with E-state index in [-0.39, 0.29) is 0 Å². The molecule has 0 unspecified atom stereocenters. The third-order valence-electron chi connectivity index (χ3n) is 6.62. The molecule has 39 heavy (non-hydrogen) atoms. The van der Waals surface area contributed by atoms with Crippen molar-refractivity contribution in [2.75, 3.05) is 27.3 Å². The molecule has 3 aromatic carbocycles. The molecule has 0 spiro atoms. The smallest absolute Gasteiger partial charge is 0.243 e. The van der Waals surface area contributed by atoms with Gasteiger partial charge in [0.15, 0.2) is 16.3 Å². The Bertz CT molecular complexity index is 1570. The van der Waals surface area contributed by atoms with Crippen LogP contribution >= 0.6 is 11.3 Å². The van der Waals surface area contributed by atoms with Crippen LogP contribution < -0.4 is 14.3 Å². The molecule has 7 nitrogen and oxygen atoms in total. The van der Waals surface area contributed by atoms with Gasteiger partial charge >= 0.3 is 0 Å². The second kappa shape index (κ2) is 12.6. The Morgan fingerprint density at radius 1 is 0.897 bits per heavy atom. The van der Waals surface area contributed by atoms with E-state index >= 15 is 0 Å². The van der Waals surface area contributed by atoms with Gasteiger partial charge in [0.2, 0.25) is 10.0 Å². The molecule has 0 aliphatic heterocycles. The topological polar surface area (TPSA) is 73.1 Å².